The van der Waals surface area contributed by atoms with Gasteiger partial charge in [0.2, 0.25) is 0 Å². The number of nitrogens with zero attached hydrogens (tertiary/aromatic N) is 3. The number of halogens is 3. The maximum absolute atomic E-state index is 13.2. The molecule has 0 aliphatic heterocycles. The van der Waals surface area contributed by atoms with E-state index in [1.807, 2.05) is 6.07 Å². The molecule has 3 aromatic rings. The van der Waals surface area contributed by atoms with Crippen molar-refractivity contribution in [1.29, 1.82) is 0 Å². The first kappa shape index (κ1) is 15.6. The molecule has 2 aromatic heterocycles. The molecule has 0 saturated heterocycles. The van der Waals surface area contributed by atoms with Crippen LogP contribution in [0.2, 0.25) is 0 Å². The van der Waals surface area contributed by atoms with Gasteiger partial charge >= 0.3 is 0 Å². The van der Waals surface area contributed by atoms with Crippen LogP contribution in [0.4, 0.5) is 8.78 Å². The molecule has 2 heterocycles. The minimum Gasteiger partial charge on any atom is -0.380 e. The van der Waals surface area contributed by atoms with Crippen LogP contribution in [0.1, 0.15) is 17.0 Å². The highest BCUT2D eigenvalue weighted by molar-refractivity contribution is 9.08. The van der Waals surface area contributed by atoms with Crippen LogP contribution in [0.5, 0.6) is 0 Å². The summed E-state index contributed by atoms with van der Waals surface area (Å²) in [5.74, 6) is -1.72. The van der Waals surface area contributed by atoms with Crippen LogP contribution in [0.25, 0.3) is 11.3 Å². The van der Waals surface area contributed by atoms with Crippen molar-refractivity contribution in [1.82, 2.24) is 19.9 Å². The van der Waals surface area contributed by atoms with E-state index in [9.17, 15) is 8.78 Å². The number of hydrogen-bond donors (Lipinski definition) is 1. The summed E-state index contributed by atoms with van der Waals surface area (Å²) in [7, 11) is 0. The molecule has 0 fully saturated rings. The fourth-order valence-electron chi connectivity index (χ4n) is 2.18. The number of alkyl halides is 1. The number of aromatic nitrogens is 3. The molecule has 23 heavy (non-hydrogen) atoms. The minimum atomic E-state index is -0.865. The normalized spacial score (nSPS) is 10.9. The summed E-state index contributed by atoms with van der Waals surface area (Å²) >= 11 is 3.42. The highest BCUT2D eigenvalue weighted by atomic mass is 79.9. The Morgan fingerprint density at radius 2 is 2.04 bits per heavy atom. The molecule has 0 saturated carbocycles. The highest BCUT2D eigenvalue weighted by Gasteiger charge is 2.09. The Bertz CT molecular complexity index is 876. The predicted octanol–water partition coefficient (Wildman–Crippen LogP) is 3.66. The smallest absolute Gasteiger partial charge is 0.159 e. The molecule has 0 aliphatic rings. The molecule has 1 aromatic carbocycles. The van der Waals surface area contributed by atoms with Gasteiger partial charge in [0, 0.05) is 17.9 Å². The zero-order valence-electron chi connectivity index (χ0n) is 12.1. The van der Waals surface area contributed by atoms with Gasteiger partial charge in [-0.1, -0.05) is 28.6 Å². The zero-order chi connectivity index (χ0) is 16.4. The van der Waals surface area contributed by atoms with Gasteiger partial charge in [-0.15, -0.1) is 0 Å². The van der Waals surface area contributed by atoms with Crippen molar-refractivity contribution in [3.05, 3.63) is 71.7 Å². The zero-order valence-corrected chi connectivity index (χ0v) is 13.6. The Morgan fingerprint density at radius 1 is 1.22 bits per heavy atom. The lowest BCUT2D eigenvalue weighted by atomic mass is 10.2. The number of hydrogen-bond acceptors (Lipinski definition) is 3. The first-order valence-electron chi connectivity index (χ1n) is 6.85. The van der Waals surface area contributed by atoms with Crippen molar-refractivity contribution >= 4 is 27.3 Å². The number of benzene rings is 1. The van der Waals surface area contributed by atoms with Gasteiger partial charge in [-0.25, -0.2) is 18.3 Å². The molecule has 4 nitrogen and oxygen atoms in total. The van der Waals surface area contributed by atoms with E-state index < -0.39 is 11.6 Å². The highest BCUT2D eigenvalue weighted by Crippen LogP contribution is 2.16. The third-order valence-corrected chi connectivity index (χ3v) is 3.94. The van der Waals surface area contributed by atoms with Crippen LogP contribution in [0.3, 0.4) is 0 Å². The van der Waals surface area contributed by atoms with Crippen molar-refractivity contribution in [3.63, 3.8) is 0 Å². The van der Waals surface area contributed by atoms with Gasteiger partial charge in [0.05, 0.1) is 23.3 Å². The van der Waals surface area contributed by atoms with E-state index in [0.29, 0.717) is 34.5 Å². The molecule has 0 spiro atoms. The van der Waals surface area contributed by atoms with Gasteiger partial charge in [0.1, 0.15) is 0 Å². The summed E-state index contributed by atoms with van der Waals surface area (Å²) < 4.78 is 27.9. The Balaban J connectivity index is 1.79. The van der Waals surface area contributed by atoms with Crippen LogP contribution in [-0.2, 0) is 11.9 Å². The monoisotopic (exact) mass is 378 g/mol. The fourth-order valence-corrected chi connectivity index (χ4v) is 2.58. The summed E-state index contributed by atoms with van der Waals surface area (Å²) in [6.07, 6.45) is 1.68. The molecule has 0 aliphatic carbocycles. The van der Waals surface area contributed by atoms with Gasteiger partial charge in [-0.2, -0.15) is 5.10 Å². The van der Waals surface area contributed by atoms with Gasteiger partial charge in [0.15, 0.2) is 17.3 Å². The predicted molar refractivity (Wildman–Crippen MR) is 87.8 cm³/mol. The second-order valence-corrected chi connectivity index (χ2v) is 5.51. The second-order valence-electron chi connectivity index (χ2n) is 4.95. The quantitative estimate of drug-likeness (QED) is 0.688. The summed E-state index contributed by atoms with van der Waals surface area (Å²) in [4.78, 5) is 4.47. The summed E-state index contributed by atoms with van der Waals surface area (Å²) in [6.45, 7) is 4.29. The number of fused-ring (bicyclic) bond motifs is 1. The van der Waals surface area contributed by atoms with Crippen LogP contribution in [0.15, 0.2) is 43.1 Å². The molecule has 7 heteroatoms. The molecule has 3 rings (SSSR count). The molecular formula is C16H13BrF2N4. The van der Waals surface area contributed by atoms with Crippen molar-refractivity contribution in [2.24, 2.45) is 0 Å². The Morgan fingerprint density at radius 3 is 2.78 bits per heavy atom. The van der Waals surface area contributed by atoms with E-state index in [2.05, 4.69) is 37.9 Å². The van der Waals surface area contributed by atoms with Crippen LogP contribution >= 0.6 is 15.9 Å². The van der Waals surface area contributed by atoms with E-state index in [-0.39, 0.29) is 0 Å². The number of nitrogens with one attached hydrogen (secondary N) is 1. The number of rotatable bonds is 5. The maximum atomic E-state index is 13.2. The first-order valence-corrected chi connectivity index (χ1v) is 7.97. The molecular weight excluding hydrogens is 366 g/mol. The SMILES string of the molecule is C=C(NCc1ccc(F)c(F)c1)c1cc(CBr)n2nccc2n1. The lowest BCUT2D eigenvalue weighted by molar-refractivity contribution is 0.507. The van der Waals surface area contributed by atoms with Crippen molar-refractivity contribution in [3.8, 4) is 0 Å². The fraction of sp³-hybridized carbons (Fsp3) is 0.125. The average molecular weight is 379 g/mol. The molecule has 1 N–H and O–H groups in total. The lowest BCUT2D eigenvalue weighted by Crippen LogP contribution is -2.13. The van der Waals surface area contributed by atoms with Crippen LogP contribution < -0.4 is 5.32 Å². The van der Waals surface area contributed by atoms with Crippen LogP contribution in [0, 0.1) is 11.6 Å². The summed E-state index contributed by atoms with van der Waals surface area (Å²) in [5.41, 5.74) is 3.55. The van der Waals surface area contributed by atoms with Gasteiger partial charge < -0.3 is 5.32 Å². The van der Waals surface area contributed by atoms with E-state index in [0.717, 1.165) is 17.8 Å². The van der Waals surface area contributed by atoms with Gasteiger partial charge in [-0.05, 0) is 23.8 Å². The Kier molecular flexibility index (Phi) is 4.38. The molecule has 0 bridgehead atoms. The van der Waals surface area contributed by atoms with E-state index in [1.54, 1.807) is 16.8 Å². The largest absolute Gasteiger partial charge is 0.380 e. The van der Waals surface area contributed by atoms with Crippen molar-refractivity contribution in [2.75, 3.05) is 0 Å². The van der Waals surface area contributed by atoms with Gasteiger partial charge in [-0.3, -0.25) is 0 Å². The van der Waals surface area contributed by atoms with E-state index in [4.69, 9.17) is 0 Å². The first-order chi connectivity index (χ1) is 11.1. The maximum Gasteiger partial charge on any atom is 0.159 e. The molecule has 0 atom stereocenters. The Hall–Kier alpha value is -2.28. The molecule has 118 valence electrons. The third kappa shape index (κ3) is 3.24. The Labute approximate surface area is 140 Å². The van der Waals surface area contributed by atoms with Gasteiger partial charge in [0.25, 0.3) is 0 Å². The molecule has 0 amide bonds. The standard InChI is InChI=1S/C16H13BrF2N4/c1-10(20-9-11-2-3-13(18)14(19)6-11)15-7-12(8-17)23-16(22-15)4-5-21-23/h2-7,20H,1,8-9H2. The summed E-state index contributed by atoms with van der Waals surface area (Å²) in [5, 5.41) is 7.90. The average Bonchev–Trinajstić information content (AvgIpc) is 3.03. The second kappa shape index (κ2) is 6.45. The lowest BCUT2D eigenvalue weighted by Gasteiger charge is -2.11. The molecule has 0 unspecified atom stereocenters. The van der Waals surface area contributed by atoms with Crippen molar-refractivity contribution in [2.45, 2.75) is 11.9 Å². The summed E-state index contributed by atoms with van der Waals surface area (Å²) in [6, 6.07) is 7.46. The van der Waals surface area contributed by atoms with E-state index in [1.165, 1.54) is 6.07 Å². The third-order valence-electron chi connectivity index (χ3n) is 3.37. The molecule has 0 radical (unpaired) electrons. The van der Waals surface area contributed by atoms with E-state index >= 15 is 0 Å². The minimum absolute atomic E-state index is 0.325. The van der Waals surface area contributed by atoms with Crippen molar-refractivity contribution < 1.29 is 8.78 Å². The topological polar surface area (TPSA) is 42.2 Å². The van der Waals surface area contributed by atoms with Crippen LogP contribution in [-0.4, -0.2) is 14.6 Å².